The van der Waals surface area contributed by atoms with E-state index in [1.807, 2.05) is 20.8 Å². The molecule has 10 nitrogen and oxygen atoms in total. The van der Waals surface area contributed by atoms with Crippen LogP contribution in [-0.4, -0.2) is 40.6 Å². The predicted molar refractivity (Wildman–Crippen MR) is 105 cm³/mol. The Hall–Kier alpha value is -3.25. The van der Waals surface area contributed by atoms with E-state index in [1.54, 1.807) is 0 Å². The number of nitro groups is 1. The second-order valence-electron chi connectivity index (χ2n) is 7.11. The van der Waals surface area contributed by atoms with Crippen LogP contribution < -0.4 is 4.74 Å². The summed E-state index contributed by atoms with van der Waals surface area (Å²) in [6, 6.07) is 4.11. The molecule has 0 bridgehead atoms. The SMILES string of the molecule is C#CCC(O)c1ccc(O[C@@H]2OC(C)[C@@H](C)[C@H](C)C2OC(C)=O)c([N+](=O)[O-])c1.O=C=O. The molecule has 1 fully saturated rings. The number of nitro benzene ring substituents is 1. The van der Waals surface area contributed by atoms with Crippen LogP contribution in [0, 0.1) is 34.3 Å². The molecular weight excluding hydrogens is 410 g/mol. The Labute approximate surface area is 179 Å². The Balaban J connectivity index is 0.00000151. The van der Waals surface area contributed by atoms with E-state index in [-0.39, 0.29) is 41.9 Å². The maximum Gasteiger partial charge on any atom is 0.373 e. The fraction of sp³-hybridized carbons (Fsp3) is 0.524. The van der Waals surface area contributed by atoms with Crippen LogP contribution in [0.2, 0.25) is 0 Å². The summed E-state index contributed by atoms with van der Waals surface area (Å²) in [5, 5.41) is 21.5. The Kier molecular flexibility index (Phi) is 9.83. The Morgan fingerprint density at radius 2 is 1.94 bits per heavy atom. The predicted octanol–water partition coefficient (Wildman–Crippen LogP) is 2.40. The standard InChI is InChI=1S/C20H25NO7.CO2/c1-6-7-17(23)15-8-9-18(16(10-15)21(24)25)28-20-19(27-14(5)22)12(3)11(2)13(4)26-20;2-1-3/h1,8-13,17,19-20,23H,7H2,2-5H3;/t11-,12-,13?,17?,19?,20-;/m0./s1. The number of terminal acetylenes is 1. The first-order valence-electron chi connectivity index (χ1n) is 9.45. The molecule has 1 aromatic rings. The van der Waals surface area contributed by atoms with Crippen LogP contribution in [0.4, 0.5) is 5.69 Å². The second kappa shape index (κ2) is 11.8. The molecule has 1 heterocycles. The average Bonchev–Trinajstić information content (AvgIpc) is 2.70. The number of hydrogen-bond acceptors (Lipinski definition) is 9. The number of aliphatic hydroxyl groups is 1. The summed E-state index contributed by atoms with van der Waals surface area (Å²) in [5.74, 6) is 1.80. The fourth-order valence-corrected chi connectivity index (χ4v) is 3.18. The van der Waals surface area contributed by atoms with Gasteiger partial charge in [-0.3, -0.25) is 14.9 Å². The van der Waals surface area contributed by atoms with Gasteiger partial charge in [0.1, 0.15) is 0 Å². The molecule has 0 radical (unpaired) electrons. The number of rotatable bonds is 6. The van der Waals surface area contributed by atoms with Gasteiger partial charge in [0.05, 0.1) is 17.1 Å². The van der Waals surface area contributed by atoms with E-state index in [4.69, 9.17) is 30.2 Å². The third-order valence-corrected chi connectivity index (χ3v) is 5.13. The monoisotopic (exact) mass is 435 g/mol. The molecular formula is C21H25NO9. The number of ether oxygens (including phenoxy) is 3. The Morgan fingerprint density at radius 3 is 2.45 bits per heavy atom. The van der Waals surface area contributed by atoms with Gasteiger partial charge in [-0.1, -0.05) is 19.9 Å². The Bertz CT molecular complexity index is 857. The smallest absolute Gasteiger partial charge is 0.373 e. The number of benzene rings is 1. The fourth-order valence-electron chi connectivity index (χ4n) is 3.18. The maximum absolute atomic E-state index is 11.5. The first-order chi connectivity index (χ1) is 14.6. The van der Waals surface area contributed by atoms with Gasteiger partial charge in [0.15, 0.2) is 11.9 Å². The van der Waals surface area contributed by atoms with Crippen LogP contribution in [0.25, 0.3) is 0 Å². The maximum atomic E-state index is 11.5. The minimum atomic E-state index is -1.02. The molecule has 10 heteroatoms. The van der Waals surface area contributed by atoms with Gasteiger partial charge in [0.2, 0.25) is 6.29 Å². The zero-order valence-electron chi connectivity index (χ0n) is 17.6. The summed E-state index contributed by atoms with van der Waals surface area (Å²) in [6.07, 6.45) is 2.55. The normalized spacial score (nSPS) is 25.6. The molecule has 0 saturated carbocycles. The lowest BCUT2D eigenvalue weighted by atomic mass is 9.84. The van der Waals surface area contributed by atoms with Crippen LogP contribution in [0.15, 0.2) is 18.2 Å². The molecule has 3 unspecified atom stereocenters. The molecule has 2 rings (SSSR count). The largest absolute Gasteiger partial charge is 0.456 e. The molecule has 6 atom stereocenters. The number of nitrogens with zero attached hydrogens (tertiary/aromatic N) is 1. The summed E-state index contributed by atoms with van der Waals surface area (Å²) in [4.78, 5) is 38.7. The van der Waals surface area contributed by atoms with E-state index in [0.717, 1.165) is 0 Å². The molecule has 0 aliphatic carbocycles. The zero-order valence-corrected chi connectivity index (χ0v) is 17.6. The number of esters is 1. The zero-order chi connectivity index (χ0) is 23.7. The van der Waals surface area contributed by atoms with Gasteiger partial charge in [-0.25, -0.2) is 0 Å². The first kappa shape index (κ1) is 25.8. The van der Waals surface area contributed by atoms with E-state index in [0.29, 0.717) is 5.56 Å². The highest BCUT2D eigenvalue weighted by Crippen LogP contribution is 2.37. The van der Waals surface area contributed by atoms with Gasteiger partial charge in [-0.2, -0.15) is 9.59 Å². The van der Waals surface area contributed by atoms with E-state index < -0.39 is 29.4 Å². The number of carbonyl (C=O) groups excluding carboxylic acids is 3. The topological polar surface area (TPSA) is 142 Å². The molecule has 31 heavy (non-hydrogen) atoms. The summed E-state index contributed by atoms with van der Waals surface area (Å²) < 4.78 is 17.0. The highest BCUT2D eigenvalue weighted by atomic mass is 16.7. The highest BCUT2D eigenvalue weighted by Gasteiger charge is 2.44. The number of aliphatic hydroxyl groups excluding tert-OH is 1. The van der Waals surface area contributed by atoms with Gasteiger partial charge >= 0.3 is 17.8 Å². The summed E-state index contributed by atoms with van der Waals surface area (Å²) in [7, 11) is 0. The van der Waals surface area contributed by atoms with Crippen molar-refractivity contribution in [1.82, 2.24) is 0 Å². The summed E-state index contributed by atoms with van der Waals surface area (Å²) in [5.41, 5.74) is -0.0221. The van der Waals surface area contributed by atoms with Crippen molar-refractivity contribution in [3.05, 3.63) is 33.9 Å². The number of hydrogen-bond donors (Lipinski definition) is 1. The van der Waals surface area contributed by atoms with Crippen LogP contribution in [0.1, 0.15) is 45.8 Å². The van der Waals surface area contributed by atoms with Crippen molar-refractivity contribution < 1.29 is 38.6 Å². The van der Waals surface area contributed by atoms with Gasteiger partial charge < -0.3 is 19.3 Å². The summed E-state index contributed by atoms with van der Waals surface area (Å²) in [6.45, 7) is 7.05. The van der Waals surface area contributed by atoms with Crippen molar-refractivity contribution in [2.75, 3.05) is 0 Å². The quantitative estimate of drug-likeness (QED) is 0.308. The molecule has 1 aromatic carbocycles. The van der Waals surface area contributed by atoms with Crippen molar-refractivity contribution in [1.29, 1.82) is 0 Å². The van der Waals surface area contributed by atoms with Crippen molar-refractivity contribution >= 4 is 17.8 Å². The molecule has 1 aliphatic heterocycles. The molecule has 0 spiro atoms. The number of carbonyl (C=O) groups is 1. The van der Waals surface area contributed by atoms with Gasteiger partial charge in [-0.15, -0.1) is 12.3 Å². The minimum absolute atomic E-state index is 0.0323. The lowest BCUT2D eigenvalue weighted by Crippen LogP contribution is -2.52. The second-order valence-corrected chi connectivity index (χ2v) is 7.11. The van der Waals surface area contributed by atoms with E-state index in [2.05, 4.69) is 5.92 Å². The van der Waals surface area contributed by atoms with Crippen LogP contribution in [0.5, 0.6) is 5.75 Å². The van der Waals surface area contributed by atoms with Crippen molar-refractivity contribution in [2.45, 2.75) is 58.7 Å². The van der Waals surface area contributed by atoms with Gasteiger partial charge in [-0.05, 0) is 24.5 Å². The molecule has 168 valence electrons. The molecule has 0 amide bonds. The summed E-state index contributed by atoms with van der Waals surface area (Å²) >= 11 is 0. The molecule has 1 N–H and O–H groups in total. The van der Waals surface area contributed by atoms with E-state index in [1.165, 1.54) is 25.1 Å². The molecule has 1 aliphatic rings. The van der Waals surface area contributed by atoms with Gasteiger partial charge in [0, 0.05) is 25.3 Å². The minimum Gasteiger partial charge on any atom is -0.456 e. The van der Waals surface area contributed by atoms with Crippen molar-refractivity contribution in [2.24, 2.45) is 11.8 Å². The highest BCUT2D eigenvalue weighted by molar-refractivity contribution is 5.66. The van der Waals surface area contributed by atoms with Gasteiger partial charge in [0.25, 0.3) is 0 Å². The van der Waals surface area contributed by atoms with E-state index in [9.17, 15) is 20.0 Å². The van der Waals surface area contributed by atoms with Crippen LogP contribution in [0.3, 0.4) is 0 Å². The van der Waals surface area contributed by atoms with Crippen LogP contribution >= 0.6 is 0 Å². The molecule has 0 aromatic heterocycles. The first-order valence-corrected chi connectivity index (χ1v) is 9.45. The lowest BCUT2D eigenvalue weighted by Gasteiger charge is -2.42. The van der Waals surface area contributed by atoms with Crippen molar-refractivity contribution in [3.8, 4) is 18.1 Å². The Morgan fingerprint density at radius 1 is 1.32 bits per heavy atom. The third kappa shape index (κ3) is 6.89. The third-order valence-electron chi connectivity index (χ3n) is 5.13. The van der Waals surface area contributed by atoms with Crippen molar-refractivity contribution in [3.63, 3.8) is 0 Å². The lowest BCUT2D eigenvalue weighted by molar-refractivity contribution is -0.387. The molecule has 1 saturated heterocycles. The average molecular weight is 435 g/mol. The van der Waals surface area contributed by atoms with Crippen LogP contribution in [-0.2, 0) is 23.9 Å². The van der Waals surface area contributed by atoms with E-state index >= 15 is 0 Å².